The van der Waals surface area contributed by atoms with Crippen molar-refractivity contribution >= 4 is 12.0 Å². The second-order valence-electron chi connectivity index (χ2n) is 6.12. The largest absolute Gasteiger partial charge is 0.508 e. The van der Waals surface area contributed by atoms with Gasteiger partial charge in [-0.15, -0.1) is 0 Å². The van der Waals surface area contributed by atoms with E-state index in [0.29, 0.717) is 0 Å². The smallest absolute Gasteiger partial charge is 0.326 e. The molecular formula is C15H20N2O4. The maximum absolute atomic E-state index is 11.8. The van der Waals surface area contributed by atoms with Crippen molar-refractivity contribution in [3.8, 4) is 5.75 Å². The maximum Gasteiger partial charge on any atom is 0.326 e. The zero-order chi connectivity index (χ0) is 15.6. The molecule has 0 saturated heterocycles. The number of phenols is 1. The number of nitrogens with one attached hydrogen (secondary N) is 2. The Labute approximate surface area is 123 Å². The molecule has 1 saturated carbocycles. The van der Waals surface area contributed by atoms with E-state index in [1.165, 1.54) is 12.1 Å². The number of carboxylic acid groups (broad SMARTS) is 1. The van der Waals surface area contributed by atoms with Crippen LogP contribution in [0.4, 0.5) is 4.79 Å². The molecule has 2 rings (SSSR count). The highest BCUT2D eigenvalue weighted by atomic mass is 16.4. The number of benzene rings is 1. The molecule has 0 heterocycles. The van der Waals surface area contributed by atoms with Crippen LogP contribution in [0.15, 0.2) is 24.3 Å². The lowest BCUT2D eigenvalue weighted by molar-refractivity contribution is -0.139. The predicted octanol–water partition coefficient (Wildman–Crippen LogP) is 1.49. The summed E-state index contributed by atoms with van der Waals surface area (Å²) in [7, 11) is 0. The molecule has 4 N–H and O–H groups in total. The number of carbonyl (C=O) groups excluding carboxylic acids is 1. The molecule has 0 aromatic heterocycles. The summed E-state index contributed by atoms with van der Waals surface area (Å²) in [6, 6.07) is 4.87. The molecule has 1 aromatic rings. The summed E-state index contributed by atoms with van der Waals surface area (Å²) in [5.74, 6) is -0.972. The quantitative estimate of drug-likeness (QED) is 0.660. The van der Waals surface area contributed by atoms with Gasteiger partial charge in [-0.2, -0.15) is 0 Å². The fraction of sp³-hybridized carbons (Fsp3) is 0.467. The lowest BCUT2D eigenvalue weighted by Crippen LogP contribution is -2.48. The number of amides is 2. The SMILES string of the molecule is CC1(C)CC1NC(=O)N[C@H](Cc1ccc(O)cc1)C(=O)O. The van der Waals surface area contributed by atoms with Crippen molar-refractivity contribution in [3.63, 3.8) is 0 Å². The van der Waals surface area contributed by atoms with Gasteiger partial charge in [0.15, 0.2) is 0 Å². The zero-order valence-electron chi connectivity index (χ0n) is 12.1. The van der Waals surface area contributed by atoms with Gasteiger partial charge in [-0.25, -0.2) is 9.59 Å². The van der Waals surface area contributed by atoms with E-state index in [4.69, 9.17) is 0 Å². The molecule has 6 nitrogen and oxygen atoms in total. The number of hydrogen-bond donors (Lipinski definition) is 4. The molecule has 1 aliphatic carbocycles. The van der Waals surface area contributed by atoms with Crippen LogP contribution in [0.25, 0.3) is 0 Å². The average molecular weight is 292 g/mol. The summed E-state index contributed by atoms with van der Waals surface area (Å²) in [5, 5.41) is 23.7. The number of carboxylic acids is 1. The molecule has 1 fully saturated rings. The minimum Gasteiger partial charge on any atom is -0.508 e. The van der Waals surface area contributed by atoms with Crippen LogP contribution in [0.2, 0.25) is 0 Å². The van der Waals surface area contributed by atoms with E-state index in [1.54, 1.807) is 12.1 Å². The predicted molar refractivity (Wildman–Crippen MR) is 77.1 cm³/mol. The minimum absolute atomic E-state index is 0.0903. The fourth-order valence-electron chi connectivity index (χ4n) is 2.14. The Bertz CT molecular complexity index is 539. The van der Waals surface area contributed by atoms with E-state index in [0.717, 1.165) is 12.0 Å². The van der Waals surface area contributed by atoms with Gasteiger partial charge < -0.3 is 20.8 Å². The van der Waals surface area contributed by atoms with E-state index in [1.807, 2.05) is 13.8 Å². The second-order valence-corrected chi connectivity index (χ2v) is 6.12. The van der Waals surface area contributed by atoms with Gasteiger partial charge in [0.1, 0.15) is 11.8 Å². The Morgan fingerprint density at radius 1 is 1.33 bits per heavy atom. The van der Waals surface area contributed by atoms with Gasteiger partial charge in [-0.05, 0) is 29.5 Å². The first-order valence-electron chi connectivity index (χ1n) is 6.86. The van der Waals surface area contributed by atoms with Crippen molar-refractivity contribution in [2.24, 2.45) is 5.41 Å². The van der Waals surface area contributed by atoms with E-state index < -0.39 is 18.0 Å². The summed E-state index contributed by atoms with van der Waals surface area (Å²) in [6.07, 6.45) is 1.06. The van der Waals surface area contributed by atoms with Gasteiger partial charge in [0.2, 0.25) is 0 Å². The Hall–Kier alpha value is -2.24. The van der Waals surface area contributed by atoms with Crippen LogP contribution in [0.1, 0.15) is 25.8 Å². The highest BCUT2D eigenvalue weighted by Gasteiger charge is 2.46. The number of phenolic OH excluding ortho intramolecular Hbond substituents is 1. The molecule has 0 spiro atoms. The average Bonchev–Trinajstić information content (AvgIpc) is 2.98. The van der Waals surface area contributed by atoms with Crippen LogP contribution < -0.4 is 10.6 Å². The van der Waals surface area contributed by atoms with Crippen molar-refractivity contribution in [2.75, 3.05) is 0 Å². The third-order valence-corrected chi connectivity index (χ3v) is 3.80. The zero-order valence-corrected chi connectivity index (χ0v) is 12.1. The molecule has 1 aromatic carbocycles. The molecule has 21 heavy (non-hydrogen) atoms. The Morgan fingerprint density at radius 3 is 2.38 bits per heavy atom. The molecule has 6 heteroatoms. The Balaban J connectivity index is 1.91. The third-order valence-electron chi connectivity index (χ3n) is 3.80. The van der Waals surface area contributed by atoms with Gasteiger partial charge in [0.05, 0.1) is 0 Å². The molecule has 0 aliphatic heterocycles. The molecule has 1 aliphatic rings. The monoisotopic (exact) mass is 292 g/mol. The van der Waals surface area contributed by atoms with E-state index in [9.17, 15) is 19.8 Å². The number of aromatic hydroxyl groups is 1. The standard InChI is InChI=1S/C15H20N2O4/c1-15(2)8-12(15)17-14(21)16-11(13(19)20)7-9-3-5-10(18)6-4-9/h3-6,11-12,18H,7-8H2,1-2H3,(H,19,20)(H2,16,17,21)/t11-,12?/m1/s1. The number of aliphatic carboxylic acids is 1. The summed E-state index contributed by atoms with van der Waals surface area (Å²) >= 11 is 0. The van der Waals surface area contributed by atoms with Crippen LogP contribution in [0.3, 0.4) is 0 Å². The molecule has 2 atom stereocenters. The van der Waals surface area contributed by atoms with Crippen LogP contribution in [-0.4, -0.2) is 34.3 Å². The van der Waals surface area contributed by atoms with Crippen LogP contribution in [-0.2, 0) is 11.2 Å². The minimum atomic E-state index is -1.09. The number of carbonyl (C=O) groups is 2. The first-order valence-corrected chi connectivity index (χ1v) is 6.86. The van der Waals surface area contributed by atoms with Crippen molar-refractivity contribution in [1.29, 1.82) is 0 Å². The molecule has 0 radical (unpaired) electrons. The van der Waals surface area contributed by atoms with Crippen LogP contribution >= 0.6 is 0 Å². The summed E-state index contributed by atoms with van der Waals surface area (Å²) in [5.41, 5.74) is 0.819. The molecule has 0 bridgehead atoms. The number of rotatable bonds is 5. The molecule has 114 valence electrons. The lowest BCUT2D eigenvalue weighted by Gasteiger charge is -2.16. The van der Waals surface area contributed by atoms with E-state index in [-0.39, 0.29) is 23.6 Å². The Morgan fingerprint density at radius 2 is 1.90 bits per heavy atom. The highest BCUT2D eigenvalue weighted by Crippen LogP contribution is 2.44. The van der Waals surface area contributed by atoms with Gasteiger partial charge in [0, 0.05) is 12.5 Å². The molecule has 2 amide bonds. The number of hydrogen-bond acceptors (Lipinski definition) is 3. The molecule has 1 unspecified atom stereocenters. The van der Waals surface area contributed by atoms with Crippen molar-refractivity contribution in [1.82, 2.24) is 10.6 Å². The topological polar surface area (TPSA) is 98.7 Å². The van der Waals surface area contributed by atoms with E-state index in [2.05, 4.69) is 10.6 Å². The normalized spacial score (nSPS) is 20.4. The third kappa shape index (κ3) is 4.11. The van der Waals surface area contributed by atoms with Crippen molar-refractivity contribution < 1.29 is 19.8 Å². The maximum atomic E-state index is 11.8. The van der Waals surface area contributed by atoms with Gasteiger partial charge in [-0.3, -0.25) is 0 Å². The Kier molecular flexibility index (Phi) is 4.06. The second kappa shape index (κ2) is 5.63. The van der Waals surface area contributed by atoms with E-state index >= 15 is 0 Å². The van der Waals surface area contributed by atoms with Gasteiger partial charge >= 0.3 is 12.0 Å². The summed E-state index contributed by atoms with van der Waals surface area (Å²) in [6.45, 7) is 4.09. The van der Waals surface area contributed by atoms with Crippen molar-refractivity contribution in [2.45, 2.75) is 38.8 Å². The summed E-state index contributed by atoms with van der Waals surface area (Å²) < 4.78 is 0. The highest BCUT2D eigenvalue weighted by molar-refractivity contribution is 5.83. The molecular weight excluding hydrogens is 272 g/mol. The first kappa shape index (κ1) is 15.2. The number of urea groups is 1. The van der Waals surface area contributed by atoms with Gasteiger partial charge in [-0.1, -0.05) is 26.0 Å². The lowest BCUT2D eigenvalue weighted by atomic mass is 10.1. The fourth-order valence-corrected chi connectivity index (χ4v) is 2.14. The summed E-state index contributed by atoms with van der Waals surface area (Å²) in [4.78, 5) is 23.1. The van der Waals surface area contributed by atoms with Crippen LogP contribution in [0.5, 0.6) is 5.75 Å². The van der Waals surface area contributed by atoms with Crippen molar-refractivity contribution in [3.05, 3.63) is 29.8 Å². The van der Waals surface area contributed by atoms with Gasteiger partial charge in [0.25, 0.3) is 0 Å². The van der Waals surface area contributed by atoms with Crippen LogP contribution in [0, 0.1) is 5.41 Å². The first-order chi connectivity index (χ1) is 9.78.